The van der Waals surface area contributed by atoms with Crippen molar-refractivity contribution in [3.63, 3.8) is 0 Å². The zero-order chi connectivity index (χ0) is 33.1. The van der Waals surface area contributed by atoms with E-state index < -0.39 is 26.0 Å². The molecule has 10 nitrogen and oxygen atoms in total. The number of nitrogen functional groups attached to an aromatic ring is 1. The summed E-state index contributed by atoms with van der Waals surface area (Å²) >= 11 is 0. The van der Waals surface area contributed by atoms with Crippen LogP contribution in [0.2, 0.25) is 0 Å². The minimum absolute atomic E-state index is 0.00369. The summed E-state index contributed by atoms with van der Waals surface area (Å²) in [6.45, 7) is 2.94. The topological polar surface area (TPSA) is 135 Å². The van der Waals surface area contributed by atoms with Crippen LogP contribution in [0.25, 0.3) is 0 Å². The molecular formula is C35H60N3O7P. The van der Waals surface area contributed by atoms with Crippen LogP contribution in [-0.2, 0) is 36.2 Å². The van der Waals surface area contributed by atoms with Crippen LogP contribution in [-0.4, -0.2) is 53.5 Å². The fourth-order valence-electron chi connectivity index (χ4n) is 5.11. The summed E-state index contributed by atoms with van der Waals surface area (Å²) in [4.78, 5) is 15.7. The summed E-state index contributed by atoms with van der Waals surface area (Å²) in [5.74, 6) is 0.104. The molecule has 0 aliphatic rings. The zero-order valence-electron chi connectivity index (χ0n) is 28.2. The maximum Gasteiger partial charge on any atom is 0.356 e. The molecular weight excluding hydrogens is 605 g/mol. The molecule has 2 aromatic rings. The van der Waals surface area contributed by atoms with Gasteiger partial charge in [0.1, 0.15) is 12.2 Å². The zero-order valence-corrected chi connectivity index (χ0v) is 29.1. The number of aromatic nitrogens is 2. The van der Waals surface area contributed by atoms with E-state index in [0.717, 1.165) is 18.4 Å². The summed E-state index contributed by atoms with van der Waals surface area (Å²) in [7, 11) is -3.71. The molecule has 1 heterocycles. The van der Waals surface area contributed by atoms with Gasteiger partial charge in [-0.25, -0.2) is 4.79 Å². The van der Waals surface area contributed by atoms with E-state index in [1.165, 1.54) is 107 Å². The van der Waals surface area contributed by atoms with Crippen LogP contribution in [0.15, 0.2) is 47.4 Å². The maximum absolute atomic E-state index is 13.6. The molecule has 0 radical (unpaired) electrons. The first-order valence-corrected chi connectivity index (χ1v) is 19.2. The highest BCUT2D eigenvalue weighted by molar-refractivity contribution is 7.53. The summed E-state index contributed by atoms with van der Waals surface area (Å²) < 4.78 is 37.6. The van der Waals surface area contributed by atoms with Gasteiger partial charge in [0.2, 0.25) is 0 Å². The molecule has 0 bridgehead atoms. The van der Waals surface area contributed by atoms with Gasteiger partial charge < -0.3 is 29.4 Å². The first-order chi connectivity index (χ1) is 22.5. The van der Waals surface area contributed by atoms with Gasteiger partial charge in [0, 0.05) is 12.8 Å². The van der Waals surface area contributed by atoms with Crippen LogP contribution in [0.3, 0.4) is 0 Å². The van der Waals surface area contributed by atoms with E-state index in [4.69, 9.17) is 24.3 Å². The summed E-state index contributed by atoms with van der Waals surface area (Å²) in [6.07, 6.45) is 21.4. The number of nitrogens with two attached hydrogens (primary N) is 1. The van der Waals surface area contributed by atoms with Crippen LogP contribution in [0.1, 0.15) is 115 Å². The molecule has 0 spiro atoms. The number of nitrogens with zero attached hydrogens (tertiary/aromatic N) is 2. The summed E-state index contributed by atoms with van der Waals surface area (Å²) in [6, 6.07) is 10.8. The fraction of sp³-hybridized carbons (Fsp3) is 0.714. The predicted molar refractivity (Wildman–Crippen MR) is 185 cm³/mol. The lowest BCUT2D eigenvalue weighted by atomic mass is 10.0. The number of aliphatic hydroxyl groups is 1. The standard InChI is InChI=1S/C35H60N3O7P/c1-2-3-4-5-6-7-8-9-10-11-12-13-14-15-16-20-25-42-26-27-44-46(41,45-30-32-21-18-17-19-22-32)31-43-33(29-39)28-38-24-23-34(36)37-35(38)40/h17-19,21-24,33,39H,2-16,20,25-31H2,1H3,(H2,36,37,40). The van der Waals surface area contributed by atoms with E-state index in [-0.39, 0.29) is 38.5 Å². The Morgan fingerprint density at radius 2 is 1.39 bits per heavy atom. The number of hydrogen-bond donors (Lipinski definition) is 2. The van der Waals surface area contributed by atoms with Crippen molar-refractivity contribution in [3.8, 4) is 0 Å². The Bertz CT molecular complexity index is 1120. The van der Waals surface area contributed by atoms with Gasteiger partial charge >= 0.3 is 13.3 Å². The van der Waals surface area contributed by atoms with E-state index in [2.05, 4.69) is 11.9 Å². The molecule has 0 aliphatic carbocycles. The Morgan fingerprint density at radius 1 is 0.804 bits per heavy atom. The smallest absolute Gasteiger partial charge is 0.356 e. The molecule has 11 heteroatoms. The third kappa shape index (κ3) is 19.6. The molecule has 2 rings (SSSR count). The third-order valence-electron chi connectivity index (χ3n) is 7.90. The van der Waals surface area contributed by atoms with Crippen LogP contribution >= 0.6 is 7.60 Å². The van der Waals surface area contributed by atoms with Gasteiger partial charge in [0.05, 0.1) is 39.1 Å². The quantitative estimate of drug-likeness (QED) is 0.0631. The first-order valence-electron chi connectivity index (χ1n) is 17.5. The Balaban J connectivity index is 1.58. The van der Waals surface area contributed by atoms with Gasteiger partial charge in [0.15, 0.2) is 0 Å². The number of benzene rings is 1. The Morgan fingerprint density at radius 3 is 1.96 bits per heavy atom. The van der Waals surface area contributed by atoms with E-state index in [0.29, 0.717) is 6.61 Å². The fourth-order valence-corrected chi connectivity index (χ4v) is 6.42. The van der Waals surface area contributed by atoms with Crippen molar-refractivity contribution in [2.75, 3.05) is 38.5 Å². The SMILES string of the molecule is CCCCCCCCCCCCCCCCCCOCCOP(=O)(COC(CO)Cn1ccc(N)nc1=O)OCc1ccccc1. The van der Waals surface area contributed by atoms with Gasteiger partial charge in [0.25, 0.3) is 0 Å². The summed E-state index contributed by atoms with van der Waals surface area (Å²) in [5, 5.41) is 9.81. The van der Waals surface area contributed by atoms with E-state index in [9.17, 15) is 14.5 Å². The number of ether oxygens (including phenoxy) is 2. The lowest BCUT2D eigenvalue weighted by Crippen LogP contribution is -2.32. The Labute approximate surface area is 276 Å². The van der Waals surface area contributed by atoms with Crippen LogP contribution in [0, 0.1) is 0 Å². The largest absolute Gasteiger partial charge is 0.394 e. The van der Waals surface area contributed by atoms with Crippen LogP contribution < -0.4 is 11.4 Å². The highest BCUT2D eigenvalue weighted by atomic mass is 31.2. The lowest BCUT2D eigenvalue weighted by Gasteiger charge is -2.22. The molecule has 0 saturated carbocycles. The van der Waals surface area contributed by atoms with Crippen LogP contribution in [0.5, 0.6) is 0 Å². The molecule has 0 amide bonds. The highest BCUT2D eigenvalue weighted by Crippen LogP contribution is 2.49. The molecule has 262 valence electrons. The Hall–Kier alpha value is -2.07. The summed E-state index contributed by atoms with van der Waals surface area (Å²) in [5.41, 5.74) is 5.82. The molecule has 2 atom stereocenters. The van der Waals surface area contributed by atoms with Gasteiger partial charge in [-0.2, -0.15) is 4.98 Å². The molecule has 1 aromatic heterocycles. The van der Waals surface area contributed by atoms with Gasteiger partial charge in [-0.1, -0.05) is 134 Å². The van der Waals surface area contributed by atoms with Gasteiger partial charge in [-0.15, -0.1) is 0 Å². The molecule has 1 aromatic carbocycles. The monoisotopic (exact) mass is 665 g/mol. The third-order valence-corrected chi connectivity index (χ3v) is 9.46. The second kappa shape index (κ2) is 26.0. The van der Waals surface area contributed by atoms with Crippen molar-refractivity contribution in [2.45, 2.75) is 129 Å². The number of unbranched alkanes of at least 4 members (excludes halogenated alkanes) is 15. The molecule has 46 heavy (non-hydrogen) atoms. The lowest BCUT2D eigenvalue weighted by molar-refractivity contribution is 0.0112. The van der Waals surface area contributed by atoms with Gasteiger partial charge in [-0.3, -0.25) is 9.13 Å². The Kier molecular flexibility index (Phi) is 22.6. The normalized spacial score (nSPS) is 13.5. The minimum Gasteiger partial charge on any atom is -0.394 e. The number of aliphatic hydroxyl groups excluding tert-OH is 1. The van der Waals surface area contributed by atoms with Crippen LogP contribution in [0.4, 0.5) is 5.82 Å². The first kappa shape index (κ1) is 40.1. The maximum atomic E-state index is 13.6. The minimum atomic E-state index is -3.71. The van der Waals surface area contributed by atoms with Crippen molar-refractivity contribution in [1.29, 1.82) is 0 Å². The second-order valence-electron chi connectivity index (χ2n) is 12.0. The number of anilines is 1. The molecule has 0 aliphatic heterocycles. The molecule has 3 N–H and O–H groups in total. The van der Waals surface area contributed by atoms with Crippen molar-refractivity contribution in [3.05, 3.63) is 58.6 Å². The second-order valence-corrected chi connectivity index (χ2v) is 14.0. The van der Waals surface area contributed by atoms with E-state index in [1.807, 2.05) is 30.3 Å². The highest BCUT2D eigenvalue weighted by Gasteiger charge is 2.27. The van der Waals surface area contributed by atoms with E-state index in [1.54, 1.807) is 0 Å². The van der Waals surface area contributed by atoms with Crippen molar-refractivity contribution >= 4 is 13.4 Å². The molecule has 0 saturated heterocycles. The molecule has 0 fully saturated rings. The predicted octanol–water partition coefficient (Wildman–Crippen LogP) is 7.87. The van der Waals surface area contributed by atoms with Crippen molar-refractivity contribution in [2.24, 2.45) is 0 Å². The van der Waals surface area contributed by atoms with Crippen molar-refractivity contribution < 1.29 is 28.2 Å². The number of rotatable bonds is 30. The average molecular weight is 666 g/mol. The average Bonchev–Trinajstić information content (AvgIpc) is 3.06. The molecule has 2 unspecified atom stereocenters. The van der Waals surface area contributed by atoms with Crippen molar-refractivity contribution in [1.82, 2.24) is 9.55 Å². The van der Waals surface area contributed by atoms with Gasteiger partial charge in [-0.05, 0) is 18.1 Å². The van der Waals surface area contributed by atoms with E-state index >= 15 is 0 Å². The number of hydrogen-bond acceptors (Lipinski definition) is 9.